The van der Waals surface area contributed by atoms with E-state index in [0.29, 0.717) is 5.92 Å². The highest BCUT2D eigenvalue weighted by molar-refractivity contribution is 5.46. The van der Waals surface area contributed by atoms with E-state index in [4.69, 9.17) is 9.47 Å². The average Bonchev–Trinajstić information content (AvgIpc) is 3.15. The fraction of sp³-hybridized carbons (Fsp3) is 0.524. The van der Waals surface area contributed by atoms with E-state index in [1.165, 1.54) is 5.69 Å². The number of likely N-dealkylation sites (tertiary alicyclic amines) is 1. The van der Waals surface area contributed by atoms with Gasteiger partial charge in [-0.2, -0.15) is 4.98 Å². The number of hydrogen-bond acceptors (Lipinski definition) is 5. The van der Waals surface area contributed by atoms with Crippen molar-refractivity contribution in [1.29, 1.82) is 0 Å². The van der Waals surface area contributed by atoms with Crippen molar-refractivity contribution >= 4 is 0 Å². The van der Waals surface area contributed by atoms with Crippen LogP contribution in [0.5, 0.6) is 11.5 Å². The Bertz CT molecular complexity index is 877. The van der Waals surface area contributed by atoms with Crippen molar-refractivity contribution < 1.29 is 9.47 Å². The molecule has 2 aliphatic rings. The molecule has 144 valence electrons. The molecule has 0 radical (unpaired) electrons. The smallest absolute Gasteiger partial charge is 0.273 e. The summed E-state index contributed by atoms with van der Waals surface area (Å²) in [4.78, 5) is 18.7. The molecule has 1 saturated heterocycles. The predicted molar refractivity (Wildman–Crippen MR) is 104 cm³/mol. The number of ether oxygens (including phenoxy) is 2. The summed E-state index contributed by atoms with van der Waals surface area (Å²) < 4.78 is 13.3. The number of rotatable bonds is 5. The summed E-state index contributed by atoms with van der Waals surface area (Å²) in [5, 5.41) is 0. The van der Waals surface area contributed by atoms with Crippen molar-refractivity contribution in [1.82, 2.24) is 14.5 Å². The zero-order chi connectivity index (χ0) is 18.8. The summed E-state index contributed by atoms with van der Waals surface area (Å²) >= 11 is 0. The SMILES string of the molecule is COc1cccc(CN2CCC[C@@H](c3cc(=O)nc4n3CCC4)C2)c1OC. The molecular weight excluding hydrogens is 342 g/mol. The Labute approximate surface area is 159 Å². The highest BCUT2D eigenvalue weighted by Gasteiger charge is 2.27. The predicted octanol–water partition coefficient (Wildman–Crippen LogP) is 2.59. The monoisotopic (exact) mass is 369 g/mol. The third-order valence-corrected chi connectivity index (χ3v) is 5.72. The summed E-state index contributed by atoms with van der Waals surface area (Å²) in [6, 6.07) is 7.79. The number of nitrogens with zero attached hydrogens (tertiary/aromatic N) is 3. The van der Waals surface area contributed by atoms with Crippen LogP contribution in [-0.2, 0) is 19.5 Å². The van der Waals surface area contributed by atoms with Crippen LogP contribution in [0.1, 0.15) is 42.3 Å². The average molecular weight is 369 g/mol. The third-order valence-electron chi connectivity index (χ3n) is 5.72. The van der Waals surface area contributed by atoms with Gasteiger partial charge in [0.1, 0.15) is 5.82 Å². The molecule has 0 aliphatic carbocycles. The van der Waals surface area contributed by atoms with Crippen LogP contribution < -0.4 is 15.0 Å². The lowest BCUT2D eigenvalue weighted by Crippen LogP contribution is -2.35. The van der Waals surface area contributed by atoms with Gasteiger partial charge in [0, 0.05) is 49.3 Å². The van der Waals surface area contributed by atoms with E-state index in [2.05, 4.69) is 20.5 Å². The lowest BCUT2D eigenvalue weighted by Gasteiger charge is -2.34. The van der Waals surface area contributed by atoms with Gasteiger partial charge in [0.15, 0.2) is 11.5 Å². The molecule has 2 aliphatic heterocycles. The van der Waals surface area contributed by atoms with Crippen LogP contribution in [-0.4, -0.2) is 41.8 Å². The first-order chi connectivity index (χ1) is 13.2. The third kappa shape index (κ3) is 3.58. The second-order valence-electron chi connectivity index (χ2n) is 7.42. The van der Waals surface area contributed by atoms with Gasteiger partial charge in [0.25, 0.3) is 5.56 Å². The van der Waals surface area contributed by atoms with Crippen molar-refractivity contribution in [3.05, 3.63) is 51.7 Å². The van der Waals surface area contributed by atoms with E-state index < -0.39 is 0 Å². The highest BCUT2D eigenvalue weighted by atomic mass is 16.5. The van der Waals surface area contributed by atoms with Gasteiger partial charge in [-0.05, 0) is 31.9 Å². The first-order valence-electron chi connectivity index (χ1n) is 9.72. The summed E-state index contributed by atoms with van der Waals surface area (Å²) in [6.45, 7) is 3.81. The largest absolute Gasteiger partial charge is 0.493 e. The first kappa shape index (κ1) is 18.0. The maximum absolute atomic E-state index is 12.1. The Balaban J connectivity index is 1.56. The molecule has 4 rings (SSSR count). The normalized spacial score (nSPS) is 19.7. The number of fused-ring (bicyclic) bond motifs is 1. The van der Waals surface area contributed by atoms with Crippen LogP contribution in [0.2, 0.25) is 0 Å². The Morgan fingerprint density at radius 1 is 1.19 bits per heavy atom. The van der Waals surface area contributed by atoms with Crippen LogP contribution >= 0.6 is 0 Å². The van der Waals surface area contributed by atoms with Crippen molar-refractivity contribution in [2.24, 2.45) is 0 Å². The van der Waals surface area contributed by atoms with E-state index in [-0.39, 0.29) is 5.56 Å². The molecule has 0 spiro atoms. The van der Waals surface area contributed by atoms with E-state index in [9.17, 15) is 4.79 Å². The molecular formula is C21H27N3O3. The molecule has 0 N–H and O–H groups in total. The molecule has 6 heteroatoms. The Hall–Kier alpha value is -2.34. The number of benzene rings is 1. The summed E-state index contributed by atoms with van der Waals surface area (Å²) in [6.07, 6.45) is 4.25. The maximum Gasteiger partial charge on any atom is 0.273 e. The Morgan fingerprint density at radius 3 is 2.89 bits per heavy atom. The molecule has 27 heavy (non-hydrogen) atoms. The summed E-state index contributed by atoms with van der Waals surface area (Å²) in [5.41, 5.74) is 2.21. The standard InChI is InChI=1S/C21H27N3O3/c1-26-18-8-3-6-16(21(18)27-2)14-23-10-4-7-15(13-23)17-12-20(25)22-19-9-5-11-24(17)19/h3,6,8,12,15H,4-5,7,9-11,13-14H2,1-2H3/t15-/m1/s1. The van der Waals surface area contributed by atoms with Gasteiger partial charge in [-0.3, -0.25) is 9.69 Å². The molecule has 3 heterocycles. The quantitative estimate of drug-likeness (QED) is 0.811. The van der Waals surface area contributed by atoms with Gasteiger partial charge >= 0.3 is 0 Å². The van der Waals surface area contributed by atoms with Gasteiger partial charge in [0.2, 0.25) is 0 Å². The molecule has 0 amide bonds. The first-order valence-corrected chi connectivity index (χ1v) is 9.72. The summed E-state index contributed by atoms with van der Waals surface area (Å²) in [5.74, 6) is 2.91. The summed E-state index contributed by atoms with van der Waals surface area (Å²) in [7, 11) is 3.35. The molecule has 0 bridgehead atoms. The van der Waals surface area contributed by atoms with E-state index in [1.807, 2.05) is 12.1 Å². The van der Waals surface area contributed by atoms with Gasteiger partial charge in [-0.1, -0.05) is 12.1 Å². The molecule has 1 aromatic carbocycles. The molecule has 2 aromatic rings. The Morgan fingerprint density at radius 2 is 2.07 bits per heavy atom. The van der Waals surface area contributed by atoms with Crippen LogP contribution in [0.3, 0.4) is 0 Å². The fourth-order valence-corrected chi connectivity index (χ4v) is 4.52. The second kappa shape index (κ2) is 7.72. The molecule has 0 saturated carbocycles. The zero-order valence-corrected chi connectivity index (χ0v) is 16.1. The van der Waals surface area contributed by atoms with Crippen LogP contribution in [0, 0.1) is 0 Å². The highest BCUT2D eigenvalue weighted by Crippen LogP contribution is 2.34. The molecule has 1 atom stereocenters. The number of methoxy groups -OCH3 is 2. The zero-order valence-electron chi connectivity index (χ0n) is 16.1. The maximum atomic E-state index is 12.1. The molecule has 0 unspecified atom stereocenters. The second-order valence-corrected chi connectivity index (χ2v) is 7.42. The minimum atomic E-state index is -0.0928. The van der Waals surface area contributed by atoms with E-state index in [1.54, 1.807) is 20.3 Å². The molecule has 1 aromatic heterocycles. The number of hydrogen-bond donors (Lipinski definition) is 0. The molecule has 1 fully saturated rings. The fourth-order valence-electron chi connectivity index (χ4n) is 4.52. The molecule has 6 nitrogen and oxygen atoms in total. The lowest BCUT2D eigenvalue weighted by molar-refractivity contribution is 0.193. The van der Waals surface area contributed by atoms with Gasteiger partial charge in [-0.25, -0.2) is 0 Å². The number of aromatic nitrogens is 2. The van der Waals surface area contributed by atoms with Gasteiger partial charge < -0.3 is 14.0 Å². The van der Waals surface area contributed by atoms with Crippen molar-refractivity contribution in [3.63, 3.8) is 0 Å². The van der Waals surface area contributed by atoms with Crippen molar-refractivity contribution in [2.75, 3.05) is 27.3 Å². The minimum absolute atomic E-state index is 0.0928. The number of para-hydroxylation sites is 1. The van der Waals surface area contributed by atoms with Gasteiger partial charge in [0.05, 0.1) is 14.2 Å². The minimum Gasteiger partial charge on any atom is -0.493 e. The Kier molecular flexibility index (Phi) is 5.16. The number of piperidine rings is 1. The van der Waals surface area contributed by atoms with Gasteiger partial charge in [-0.15, -0.1) is 0 Å². The lowest BCUT2D eigenvalue weighted by atomic mass is 9.93. The van der Waals surface area contributed by atoms with E-state index >= 15 is 0 Å². The van der Waals surface area contributed by atoms with Crippen LogP contribution in [0.25, 0.3) is 0 Å². The van der Waals surface area contributed by atoms with Crippen LogP contribution in [0.15, 0.2) is 29.1 Å². The van der Waals surface area contributed by atoms with Crippen molar-refractivity contribution in [3.8, 4) is 11.5 Å². The topological polar surface area (TPSA) is 56.6 Å². The number of aryl methyl sites for hydroxylation is 1. The van der Waals surface area contributed by atoms with Crippen LogP contribution in [0.4, 0.5) is 0 Å². The van der Waals surface area contributed by atoms with Crippen molar-refractivity contribution in [2.45, 2.75) is 44.7 Å². The van der Waals surface area contributed by atoms with E-state index in [0.717, 1.165) is 74.7 Å².